The van der Waals surface area contributed by atoms with Gasteiger partial charge in [-0.2, -0.15) is 4.98 Å². The first-order chi connectivity index (χ1) is 13.1. The summed E-state index contributed by atoms with van der Waals surface area (Å²) in [6.07, 6.45) is 0.141. The molecule has 1 amide bonds. The average Bonchev–Trinajstić information content (AvgIpc) is 3.15. The second kappa shape index (κ2) is 8.79. The van der Waals surface area contributed by atoms with Crippen molar-refractivity contribution in [2.45, 2.75) is 19.6 Å². The Morgan fingerprint density at radius 2 is 1.81 bits per heavy atom. The topological polar surface area (TPSA) is 86.5 Å². The maximum absolute atomic E-state index is 12.9. The Bertz CT molecular complexity index is 879. The number of halogens is 1. The number of aromatic nitrogens is 2. The molecule has 0 saturated carbocycles. The van der Waals surface area contributed by atoms with Gasteiger partial charge in [-0.15, -0.1) is 0 Å². The number of hydrogen-bond acceptors (Lipinski definition) is 6. The van der Waals surface area contributed by atoms with Gasteiger partial charge in [-0.3, -0.25) is 4.79 Å². The molecule has 1 N–H and O–H groups in total. The molecule has 3 rings (SSSR count). The van der Waals surface area contributed by atoms with Crippen LogP contribution in [0.4, 0.5) is 4.39 Å². The van der Waals surface area contributed by atoms with Crippen molar-refractivity contribution in [3.8, 4) is 11.5 Å². The molecule has 8 heteroatoms. The van der Waals surface area contributed by atoms with Crippen molar-refractivity contribution in [1.82, 2.24) is 15.5 Å². The maximum atomic E-state index is 12.9. The van der Waals surface area contributed by atoms with Gasteiger partial charge >= 0.3 is 0 Å². The van der Waals surface area contributed by atoms with Crippen molar-refractivity contribution in [2.75, 3.05) is 7.11 Å². The van der Waals surface area contributed by atoms with Gasteiger partial charge in [0, 0.05) is 0 Å². The minimum absolute atomic E-state index is 0.107. The third kappa shape index (κ3) is 5.53. The Morgan fingerprint density at radius 3 is 2.52 bits per heavy atom. The number of benzene rings is 2. The zero-order chi connectivity index (χ0) is 19.1. The minimum atomic E-state index is -0.339. The summed E-state index contributed by atoms with van der Waals surface area (Å²) in [5.74, 6) is 1.46. The number of rotatable bonds is 8. The number of carbonyl (C=O) groups excluding carboxylic acids is 1. The Kier molecular flexibility index (Phi) is 5.98. The van der Waals surface area contributed by atoms with Gasteiger partial charge in [0.1, 0.15) is 17.3 Å². The number of carbonyl (C=O) groups is 1. The molecule has 0 aliphatic carbocycles. The van der Waals surface area contributed by atoms with E-state index in [1.165, 1.54) is 12.1 Å². The molecule has 3 aromatic rings. The van der Waals surface area contributed by atoms with Gasteiger partial charge < -0.3 is 19.3 Å². The molecule has 1 heterocycles. The van der Waals surface area contributed by atoms with E-state index in [0.717, 1.165) is 5.75 Å². The third-order valence-corrected chi connectivity index (χ3v) is 3.65. The van der Waals surface area contributed by atoms with Crippen molar-refractivity contribution >= 4 is 5.91 Å². The van der Waals surface area contributed by atoms with Crippen LogP contribution in [0.2, 0.25) is 0 Å². The highest BCUT2D eigenvalue weighted by Gasteiger charge is 2.09. The molecule has 0 atom stereocenters. The zero-order valence-electron chi connectivity index (χ0n) is 14.6. The number of methoxy groups -OCH3 is 1. The van der Waals surface area contributed by atoms with Crippen molar-refractivity contribution in [1.29, 1.82) is 0 Å². The molecule has 0 radical (unpaired) electrons. The lowest BCUT2D eigenvalue weighted by Crippen LogP contribution is -2.24. The monoisotopic (exact) mass is 371 g/mol. The lowest BCUT2D eigenvalue weighted by molar-refractivity contribution is -0.120. The van der Waals surface area contributed by atoms with Crippen LogP contribution in [0.15, 0.2) is 53.1 Å². The first-order valence-corrected chi connectivity index (χ1v) is 8.22. The molecule has 0 unspecified atom stereocenters. The Hall–Kier alpha value is -3.42. The van der Waals surface area contributed by atoms with E-state index in [-0.39, 0.29) is 37.2 Å². The first kappa shape index (κ1) is 18.4. The smallest absolute Gasteiger partial charge is 0.246 e. The molecule has 1 aromatic heterocycles. The summed E-state index contributed by atoms with van der Waals surface area (Å²) in [4.78, 5) is 16.1. The van der Waals surface area contributed by atoms with Gasteiger partial charge in [-0.1, -0.05) is 17.3 Å². The molecule has 0 saturated heterocycles. The molecule has 0 fully saturated rings. The highest BCUT2D eigenvalue weighted by molar-refractivity contribution is 5.78. The predicted molar refractivity (Wildman–Crippen MR) is 93.6 cm³/mol. The molecule has 0 aliphatic rings. The van der Waals surface area contributed by atoms with Crippen LogP contribution in [0.1, 0.15) is 17.3 Å². The van der Waals surface area contributed by atoms with Crippen molar-refractivity contribution in [3.63, 3.8) is 0 Å². The lowest BCUT2D eigenvalue weighted by Gasteiger charge is -2.04. The van der Waals surface area contributed by atoms with E-state index in [1.54, 1.807) is 43.5 Å². The zero-order valence-corrected chi connectivity index (χ0v) is 14.6. The maximum Gasteiger partial charge on any atom is 0.246 e. The number of nitrogens with zero attached hydrogens (tertiary/aromatic N) is 2. The van der Waals surface area contributed by atoms with Gasteiger partial charge in [0.15, 0.2) is 6.61 Å². The lowest BCUT2D eigenvalue weighted by atomic mass is 10.1. The molecular weight excluding hydrogens is 353 g/mol. The van der Waals surface area contributed by atoms with Crippen LogP contribution in [-0.4, -0.2) is 23.2 Å². The predicted octanol–water partition coefficient (Wildman–Crippen LogP) is 2.66. The first-order valence-electron chi connectivity index (χ1n) is 8.22. The standard InChI is InChI=1S/C19H18FN3O4/c1-25-15-6-8-16(9-7-15)26-12-17-22-19(27-23-17)11-21-18(24)10-13-2-4-14(20)5-3-13/h2-9H,10-12H2,1H3,(H,21,24). The van der Waals surface area contributed by atoms with E-state index in [2.05, 4.69) is 15.5 Å². The molecule has 140 valence electrons. The number of ether oxygens (including phenoxy) is 2. The van der Waals surface area contributed by atoms with Crippen molar-refractivity contribution in [3.05, 3.63) is 71.6 Å². The summed E-state index contributed by atoms with van der Waals surface area (Å²) in [6, 6.07) is 12.9. The third-order valence-electron chi connectivity index (χ3n) is 3.65. The number of nitrogens with one attached hydrogen (secondary N) is 1. The van der Waals surface area contributed by atoms with Crippen LogP contribution < -0.4 is 14.8 Å². The average molecular weight is 371 g/mol. The fraction of sp³-hybridized carbons (Fsp3) is 0.211. The van der Waals surface area contributed by atoms with Crippen LogP contribution in [0.3, 0.4) is 0 Å². The molecule has 0 bridgehead atoms. The van der Waals surface area contributed by atoms with E-state index in [9.17, 15) is 9.18 Å². The van der Waals surface area contributed by atoms with Crippen LogP contribution in [0.25, 0.3) is 0 Å². The molecular formula is C19H18FN3O4. The number of amides is 1. The normalized spacial score (nSPS) is 10.4. The fourth-order valence-corrected chi connectivity index (χ4v) is 2.26. The number of hydrogen-bond donors (Lipinski definition) is 1. The largest absolute Gasteiger partial charge is 0.497 e. The molecule has 0 spiro atoms. The Labute approximate surface area is 155 Å². The summed E-state index contributed by atoms with van der Waals surface area (Å²) >= 11 is 0. The van der Waals surface area contributed by atoms with Gasteiger partial charge in [0.25, 0.3) is 0 Å². The van der Waals surface area contributed by atoms with Crippen LogP contribution in [0.5, 0.6) is 11.5 Å². The van der Waals surface area contributed by atoms with E-state index in [4.69, 9.17) is 14.0 Å². The summed E-state index contributed by atoms with van der Waals surface area (Å²) in [5, 5.41) is 6.49. The van der Waals surface area contributed by atoms with Crippen LogP contribution in [0, 0.1) is 5.82 Å². The quantitative estimate of drug-likeness (QED) is 0.655. The van der Waals surface area contributed by atoms with E-state index in [0.29, 0.717) is 17.1 Å². The summed E-state index contributed by atoms with van der Waals surface area (Å²) in [5.41, 5.74) is 0.716. The van der Waals surface area contributed by atoms with E-state index in [1.807, 2.05) is 0 Å². The van der Waals surface area contributed by atoms with Gasteiger partial charge in [-0.25, -0.2) is 4.39 Å². The summed E-state index contributed by atoms with van der Waals surface area (Å²) in [6.45, 7) is 0.245. The van der Waals surface area contributed by atoms with E-state index < -0.39 is 0 Å². The summed E-state index contributed by atoms with van der Waals surface area (Å²) < 4.78 is 28.6. The molecule has 7 nitrogen and oxygen atoms in total. The molecule has 0 aliphatic heterocycles. The second-order valence-corrected chi connectivity index (χ2v) is 5.65. The molecule has 2 aromatic carbocycles. The van der Waals surface area contributed by atoms with Crippen LogP contribution in [-0.2, 0) is 24.4 Å². The van der Waals surface area contributed by atoms with Crippen molar-refractivity contribution < 1.29 is 23.2 Å². The van der Waals surface area contributed by atoms with Gasteiger partial charge in [0.2, 0.25) is 17.6 Å². The van der Waals surface area contributed by atoms with E-state index >= 15 is 0 Å². The molecule has 27 heavy (non-hydrogen) atoms. The summed E-state index contributed by atoms with van der Waals surface area (Å²) in [7, 11) is 1.59. The minimum Gasteiger partial charge on any atom is -0.497 e. The van der Waals surface area contributed by atoms with Gasteiger partial charge in [0.05, 0.1) is 20.1 Å². The van der Waals surface area contributed by atoms with Gasteiger partial charge in [-0.05, 0) is 42.0 Å². The Morgan fingerprint density at radius 1 is 1.11 bits per heavy atom. The SMILES string of the molecule is COc1ccc(OCc2noc(CNC(=O)Cc3ccc(F)cc3)n2)cc1. The highest BCUT2D eigenvalue weighted by atomic mass is 19.1. The Balaban J connectivity index is 1.44. The van der Waals surface area contributed by atoms with Crippen molar-refractivity contribution in [2.24, 2.45) is 0 Å². The fourth-order valence-electron chi connectivity index (χ4n) is 2.26. The second-order valence-electron chi connectivity index (χ2n) is 5.65. The van der Waals surface area contributed by atoms with Crippen LogP contribution >= 0.6 is 0 Å². The highest BCUT2D eigenvalue weighted by Crippen LogP contribution is 2.17.